The first-order valence-corrected chi connectivity index (χ1v) is 9.81. The van der Waals surface area contributed by atoms with E-state index >= 15 is 0 Å². The third kappa shape index (κ3) is 4.24. The quantitative estimate of drug-likeness (QED) is 0.640. The molecule has 0 unspecified atom stereocenters. The van der Waals surface area contributed by atoms with E-state index in [9.17, 15) is 0 Å². The van der Waals surface area contributed by atoms with Gasteiger partial charge in [0.25, 0.3) is 0 Å². The molecule has 2 rings (SSSR count). The second-order valence-corrected chi connectivity index (χ2v) is 9.87. The van der Waals surface area contributed by atoms with Crippen LogP contribution in [-0.2, 0) is 0 Å². The van der Waals surface area contributed by atoms with Gasteiger partial charge in [-0.3, -0.25) is 0 Å². The molecule has 0 saturated carbocycles. The first kappa shape index (κ1) is 14.3. The maximum Gasteiger partial charge on any atom is 0.242 e. The summed E-state index contributed by atoms with van der Waals surface area (Å²) in [5.41, 5.74) is 1.93. The van der Waals surface area contributed by atoms with Gasteiger partial charge in [-0.25, -0.2) is 19.9 Å². The number of hydrogen-bond donors (Lipinski definition) is 0. The van der Waals surface area contributed by atoms with Crippen LogP contribution < -0.4 is 4.43 Å². The number of aromatic nitrogens is 3. The molecule has 2 aromatic rings. The first-order chi connectivity index (χ1) is 9.44. The lowest BCUT2D eigenvalue weighted by Gasteiger charge is -2.20. The minimum Gasteiger partial charge on any atom is -0.543 e. The van der Waals surface area contributed by atoms with Crippen LogP contribution in [0.1, 0.15) is 11.4 Å². The summed E-state index contributed by atoms with van der Waals surface area (Å²) in [4.78, 5) is 16.3. The number of benzene rings is 1. The summed E-state index contributed by atoms with van der Waals surface area (Å²) in [5.74, 6) is 1.33. The van der Waals surface area contributed by atoms with Crippen LogP contribution in [0.5, 0.6) is 5.75 Å². The Labute approximate surface area is 119 Å². The Balaban J connectivity index is 2.30. The molecule has 0 spiro atoms. The summed E-state index contributed by atoms with van der Waals surface area (Å²) in [5, 5.41) is 0. The zero-order valence-corrected chi connectivity index (χ0v) is 13.2. The minimum absolute atomic E-state index is 0.528. The van der Waals surface area contributed by atoms with E-state index in [1.165, 1.54) is 12.7 Å². The second kappa shape index (κ2) is 5.92. The van der Waals surface area contributed by atoms with Gasteiger partial charge in [-0.05, 0) is 44.3 Å². The molecular formula is C14H18N4OSi. The Kier molecular flexibility index (Phi) is 4.24. The van der Waals surface area contributed by atoms with Crippen molar-refractivity contribution in [2.24, 2.45) is 4.99 Å². The summed E-state index contributed by atoms with van der Waals surface area (Å²) < 4.78 is 6.05. The van der Waals surface area contributed by atoms with Gasteiger partial charge >= 0.3 is 0 Å². The summed E-state index contributed by atoms with van der Waals surface area (Å²) >= 11 is 0. The Morgan fingerprint density at radius 1 is 1.15 bits per heavy atom. The van der Waals surface area contributed by atoms with E-state index in [0.717, 1.165) is 17.0 Å². The van der Waals surface area contributed by atoms with Crippen molar-refractivity contribution in [2.75, 3.05) is 0 Å². The fourth-order valence-corrected chi connectivity index (χ4v) is 2.42. The highest BCUT2D eigenvalue weighted by atomic mass is 28.4. The standard InChI is InChI=1S/C14H18N4OSi/c1-11-5-6-13(19-20(2,3)4)12(7-11)16-8-14-17-9-15-10-18-14/h5-10H,1-4H3. The van der Waals surface area contributed by atoms with Crippen LogP contribution in [0.2, 0.25) is 19.6 Å². The molecule has 0 aliphatic rings. The second-order valence-electron chi connectivity index (χ2n) is 5.44. The van der Waals surface area contributed by atoms with Crippen molar-refractivity contribution in [3.63, 3.8) is 0 Å². The molecule has 0 N–H and O–H groups in total. The molecule has 5 nitrogen and oxygen atoms in total. The highest BCUT2D eigenvalue weighted by molar-refractivity contribution is 6.70. The zero-order chi connectivity index (χ0) is 14.6. The molecule has 1 aromatic carbocycles. The number of nitrogens with zero attached hydrogens (tertiary/aromatic N) is 4. The van der Waals surface area contributed by atoms with Crippen molar-refractivity contribution in [2.45, 2.75) is 26.6 Å². The third-order valence-corrected chi connectivity index (χ3v) is 3.20. The lowest BCUT2D eigenvalue weighted by molar-refractivity contribution is 0.559. The molecule has 0 radical (unpaired) electrons. The summed E-state index contributed by atoms with van der Waals surface area (Å²) in [7, 11) is -1.67. The maximum absolute atomic E-state index is 6.05. The molecule has 0 amide bonds. The van der Waals surface area contributed by atoms with Gasteiger partial charge in [0, 0.05) is 0 Å². The zero-order valence-electron chi connectivity index (χ0n) is 12.2. The van der Waals surface area contributed by atoms with Gasteiger partial charge in [0.2, 0.25) is 8.32 Å². The molecule has 0 atom stereocenters. The highest BCUT2D eigenvalue weighted by Gasteiger charge is 2.18. The van der Waals surface area contributed by atoms with Crippen molar-refractivity contribution >= 4 is 20.2 Å². The van der Waals surface area contributed by atoms with Crippen LogP contribution in [0.15, 0.2) is 35.8 Å². The van der Waals surface area contributed by atoms with Crippen LogP contribution in [0, 0.1) is 6.92 Å². The van der Waals surface area contributed by atoms with Crippen LogP contribution in [-0.4, -0.2) is 29.5 Å². The molecule has 1 aromatic heterocycles. The first-order valence-electron chi connectivity index (χ1n) is 6.40. The Hall–Kier alpha value is -2.08. The summed E-state index contributed by atoms with van der Waals surface area (Å²) in [6.07, 6.45) is 4.52. The molecule has 1 heterocycles. The number of hydrogen-bond acceptors (Lipinski definition) is 5. The fourth-order valence-electron chi connectivity index (χ4n) is 1.59. The summed E-state index contributed by atoms with van der Waals surface area (Å²) in [6.45, 7) is 8.46. The average molecular weight is 286 g/mol. The molecule has 0 fully saturated rings. The van der Waals surface area contributed by atoms with Crippen molar-refractivity contribution < 1.29 is 4.43 Å². The van der Waals surface area contributed by atoms with E-state index in [1.54, 1.807) is 6.21 Å². The molecule has 0 bridgehead atoms. The van der Waals surface area contributed by atoms with Gasteiger partial charge in [0.05, 0.1) is 6.21 Å². The molecule has 20 heavy (non-hydrogen) atoms. The molecule has 104 valence electrons. The fraction of sp³-hybridized carbons (Fsp3) is 0.286. The third-order valence-electron chi connectivity index (χ3n) is 2.36. The van der Waals surface area contributed by atoms with Crippen molar-refractivity contribution in [3.05, 3.63) is 42.2 Å². The van der Waals surface area contributed by atoms with Gasteiger partial charge < -0.3 is 4.43 Å². The van der Waals surface area contributed by atoms with Crippen LogP contribution in [0.25, 0.3) is 0 Å². The Morgan fingerprint density at radius 2 is 1.85 bits per heavy atom. The molecular weight excluding hydrogens is 268 g/mol. The lowest BCUT2D eigenvalue weighted by atomic mass is 10.2. The SMILES string of the molecule is Cc1ccc(O[Si](C)(C)C)c(N=Cc2ncncn2)c1. The van der Waals surface area contributed by atoms with Gasteiger partial charge in [0.1, 0.15) is 24.1 Å². The van der Waals surface area contributed by atoms with E-state index in [1.807, 2.05) is 25.1 Å². The van der Waals surface area contributed by atoms with Crippen molar-refractivity contribution in [1.82, 2.24) is 15.0 Å². The van der Waals surface area contributed by atoms with E-state index in [2.05, 4.69) is 39.6 Å². The van der Waals surface area contributed by atoms with Crippen molar-refractivity contribution in [1.29, 1.82) is 0 Å². The average Bonchev–Trinajstić information content (AvgIpc) is 2.39. The lowest BCUT2D eigenvalue weighted by Crippen LogP contribution is -2.29. The van der Waals surface area contributed by atoms with Gasteiger partial charge in [-0.15, -0.1) is 0 Å². The van der Waals surface area contributed by atoms with E-state index in [4.69, 9.17) is 4.43 Å². The van der Waals surface area contributed by atoms with Gasteiger partial charge in [0.15, 0.2) is 5.82 Å². The molecule has 0 saturated heterocycles. The summed E-state index contributed by atoms with van der Waals surface area (Å²) in [6, 6.07) is 5.98. The van der Waals surface area contributed by atoms with E-state index < -0.39 is 8.32 Å². The highest BCUT2D eigenvalue weighted by Crippen LogP contribution is 2.30. The topological polar surface area (TPSA) is 60.3 Å². The predicted molar refractivity (Wildman–Crippen MR) is 82.2 cm³/mol. The monoisotopic (exact) mass is 286 g/mol. The van der Waals surface area contributed by atoms with E-state index in [0.29, 0.717) is 5.82 Å². The minimum atomic E-state index is -1.67. The number of aryl methyl sites for hydroxylation is 1. The Morgan fingerprint density at radius 3 is 2.50 bits per heavy atom. The number of aliphatic imine (C=N–C) groups is 1. The molecule has 0 aliphatic carbocycles. The largest absolute Gasteiger partial charge is 0.543 e. The smallest absolute Gasteiger partial charge is 0.242 e. The van der Waals surface area contributed by atoms with Crippen LogP contribution in [0.3, 0.4) is 0 Å². The van der Waals surface area contributed by atoms with Crippen LogP contribution in [0.4, 0.5) is 5.69 Å². The maximum atomic E-state index is 6.05. The Bertz CT molecular complexity index is 608. The van der Waals surface area contributed by atoms with Gasteiger partial charge in [-0.1, -0.05) is 6.07 Å². The van der Waals surface area contributed by atoms with E-state index in [-0.39, 0.29) is 0 Å². The number of rotatable bonds is 4. The molecule has 6 heteroatoms. The van der Waals surface area contributed by atoms with Gasteiger partial charge in [-0.2, -0.15) is 0 Å². The molecule has 0 aliphatic heterocycles. The predicted octanol–water partition coefficient (Wildman–Crippen LogP) is 3.14. The normalized spacial score (nSPS) is 11.8. The van der Waals surface area contributed by atoms with Crippen molar-refractivity contribution in [3.8, 4) is 5.75 Å². The van der Waals surface area contributed by atoms with Crippen LogP contribution >= 0.6 is 0 Å².